The third kappa shape index (κ3) is 1.48. The Bertz CT molecular complexity index is 382. The third-order valence-electron chi connectivity index (χ3n) is 1.86. The van der Waals surface area contributed by atoms with Crippen LogP contribution < -0.4 is 0 Å². The molecular weight excluding hydrogens is 186 g/mol. The average Bonchev–Trinajstić information content (AvgIpc) is 2.72. The molecule has 4 nitrogen and oxygen atoms in total. The molecule has 68 valence electrons. The number of thiazole rings is 1. The summed E-state index contributed by atoms with van der Waals surface area (Å²) in [5.74, 6) is 0. The minimum absolute atomic E-state index is 0.611. The monoisotopic (exact) mass is 195 g/mol. The molecule has 0 bridgehead atoms. The van der Waals surface area contributed by atoms with Crippen LogP contribution in [0.15, 0.2) is 24.0 Å². The summed E-state index contributed by atoms with van der Waals surface area (Å²) in [6.45, 7) is 0. The number of rotatable bonds is 2. The van der Waals surface area contributed by atoms with E-state index in [9.17, 15) is 5.11 Å². The highest BCUT2D eigenvalue weighted by Crippen LogP contribution is 2.23. The number of hydrogen-bond acceptors (Lipinski definition) is 4. The molecule has 0 spiro atoms. The largest absolute Gasteiger partial charge is 0.381 e. The molecular formula is C8H9N3OS. The molecule has 0 aliphatic heterocycles. The van der Waals surface area contributed by atoms with Crippen molar-refractivity contribution in [2.75, 3.05) is 0 Å². The van der Waals surface area contributed by atoms with Crippen LogP contribution >= 0.6 is 11.3 Å². The quantitative estimate of drug-likeness (QED) is 0.776. The Kier molecular flexibility index (Phi) is 2.12. The Balaban J connectivity index is 2.33. The molecule has 2 heterocycles. The molecule has 1 atom stereocenters. The van der Waals surface area contributed by atoms with Gasteiger partial charge in [-0.1, -0.05) is 0 Å². The maximum absolute atomic E-state index is 9.86. The Labute approximate surface area is 79.5 Å². The molecule has 0 aliphatic rings. The predicted octanol–water partition coefficient (Wildman–Crippen LogP) is 0.958. The van der Waals surface area contributed by atoms with E-state index in [0.717, 1.165) is 10.6 Å². The Morgan fingerprint density at radius 2 is 2.46 bits per heavy atom. The second kappa shape index (κ2) is 3.27. The van der Waals surface area contributed by atoms with Crippen LogP contribution in [0.4, 0.5) is 0 Å². The summed E-state index contributed by atoms with van der Waals surface area (Å²) in [4.78, 5) is 4.75. The van der Waals surface area contributed by atoms with Gasteiger partial charge in [0.15, 0.2) is 0 Å². The zero-order chi connectivity index (χ0) is 9.26. The second-order valence-corrected chi connectivity index (χ2v) is 3.60. The van der Waals surface area contributed by atoms with Gasteiger partial charge in [-0.05, 0) is 6.07 Å². The number of aryl methyl sites for hydroxylation is 1. The van der Waals surface area contributed by atoms with Gasteiger partial charge in [0, 0.05) is 19.4 Å². The number of aliphatic hydroxyl groups is 1. The molecule has 13 heavy (non-hydrogen) atoms. The van der Waals surface area contributed by atoms with Gasteiger partial charge in [0.2, 0.25) is 0 Å². The predicted molar refractivity (Wildman–Crippen MR) is 49.4 cm³/mol. The topological polar surface area (TPSA) is 50.9 Å². The summed E-state index contributed by atoms with van der Waals surface area (Å²) in [5, 5.41) is 13.8. The number of hydrogen-bond donors (Lipinski definition) is 1. The fraction of sp³-hybridized carbons (Fsp3) is 0.250. The summed E-state index contributed by atoms with van der Waals surface area (Å²) in [7, 11) is 1.81. The van der Waals surface area contributed by atoms with E-state index in [0.29, 0.717) is 0 Å². The molecule has 0 saturated heterocycles. The molecule has 2 aromatic heterocycles. The van der Waals surface area contributed by atoms with E-state index in [2.05, 4.69) is 10.1 Å². The molecule has 2 rings (SSSR count). The van der Waals surface area contributed by atoms with Crippen molar-refractivity contribution in [1.29, 1.82) is 0 Å². The van der Waals surface area contributed by atoms with Gasteiger partial charge in [-0.15, -0.1) is 11.3 Å². The summed E-state index contributed by atoms with van der Waals surface area (Å²) in [6, 6.07) is 1.80. The van der Waals surface area contributed by atoms with Crippen LogP contribution in [0.25, 0.3) is 0 Å². The van der Waals surface area contributed by atoms with Gasteiger partial charge in [-0.25, -0.2) is 0 Å². The first-order chi connectivity index (χ1) is 6.29. The van der Waals surface area contributed by atoms with Crippen LogP contribution in [0.3, 0.4) is 0 Å². The summed E-state index contributed by atoms with van der Waals surface area (Å²) in [5.41, 5.74) is 2.49. The SMILES string of the molecule is Cn1nccc1C(O)c1cncs1. The standard InChI is InChI=1S/C8H9N3OS/c1-11-6(2-3-10-11)8(12)7-4-9-5-13-7/h2-5,8,12H,1H3. The lowest BCUT2D eigenvalue weighted by Gasteiger charge is -2.07. The van der Waals surface area contributed by atoms with E-state index in [4.69, 9.17) is 0 Å². The van der Waals surface area contributed by atoms with Crippen molar-refractivity contribution >= 4 is 11.3 Å². The Hall–Kier alpha value is -1.20. The van der Waals surface area contributed by atoms with Crippen LogP contribution in [0.2, 0.25) is 0 Å². The molecule has 0 aromatic carbocycles. The minimum atomic E-state index is -0.611. The number of nitrogens with zero attached hydrogens (tertiary/aromatic N) is 3. The van der Waals surface area contributed by atoms with Gasteiger partial charge in [0.25, 0.3) is 0 Å². The van der Waals surface area contributed by atoms with Crippen LogP contribution in [0, 0.1) is 0 Å². The lowest BCUT2D eigenvalue weighted by molar-refractivity contribution is 0.213. The van der Waals surface area contributed by atoms with Crippen molar-refractivity contribution in [3.05, 3.63) is 34.5 Å². The first kappa shape index (κ1) is 8.40. The lowest BCUT2D eigenvalue weighted by Crippen LogP contribution is -2.04. The minimum Gasteiger partial charge on any atom is -0.381 e. The smallest absolute Gasteiger partial charge is 0.131 e. The second-order valence-electron chi connectivity index (χ2n) is 2.69. The van der Waals surface area contributed by atoms with Gasteiger partial charge in [-0.2, -0.15) is 5.10 Å². The number of aromatic nitrogens is 3. The lowest BCUT2D eigenvalue weighted by atomic mass is 10.2. The zero-order valence-electron chi connectivity index (χ0n) is 7.08. The first-order valence-electron chi connectivity index (χ1n) is 3.83. The highest BCUT2D eigenvalue weighted by atomic mass is 32.1. The summed E-state index contributed by atoms with van der Waals surface area (Å²) >= 11 is 1.44. The molecule has 0 amide bonds. The van der Waals surface area contributed by atoms with E-state index in [-0.39, 0.29) is 0 Å². The van der Waals surface area contributed by atoms with Crippen molar-refractivity contribution in [3.63, 3.8) is 0 Å². The highest BCUT2D eigenvalue weighted by molar-refractivity contribution is 7.09. The maximum atomic E-state index is 9.86. The maximum Gasteiger partial charge on any atom is 0.131 e. The van der Waals surface area contributed by atoms with Crippen molar-refractivity contribution in [3.8, 4) is 0 Å². The molecule has 1 N–H and O–H groups in total. The van der Waals surface area contributed by atoms with Gasteiger partial charge in [-0.3, -0.25) is 9.67 Å². The first-order valence-corrected chi connectivity index (χ1v) is 4.71. The normalized spacial score (nSPS) is 13.1. The summed E-state index contributed by atoms with van der Waals surface area (Å²) < 4.78 is 1.66. The van der Waals surface area contributed by atoms with E-state index in [1.54, 1.807) is 35.7 Å². The van der Waals surface area contributed by atoms with Gasteiger partial charge in [0.1, 0.15) is 6.10 Å². The van der Waals surface area contributed by atoms with E-state index >= 15 is 0 Å². The summed E-state index contributed by atoms with van der Waals surface area (Å²) in [6.07, 6.45) is 2.72. The zero-order valence-corrected chi connectivity index (χ0v) is 7.90. The van der Waals surface area contributed by atoms with E-state index < -0.39 is 6.10 Å². The van der Waals surface area contributed by atoms with Gasteiger partial charge < -0.3 is 5.11 Å². The molecule has 0 saturated carbocycles. The fourth-order valence-electron chi connectivity index (χ4n) is 1.16. The van der Waals surface area contributed by atoms with E-state index in [1.807, 2.05) is 0 Å². The van der Waals surface area contributed by atoms with Crippen molar-refractivity contribution in [2.24, 2.45) is 7.05 Å². The molecule has 0 fully saturated rings. The Morgan fingerprint density at radius 3 is 3.00 bits per heavy atom. The molecule has 0 radical (unpaired) electrons. The number of aliphatic hydroxyl groups excluding tert-OH is 1. The van der Waals surface area contributed by atoms with E-state index in [1.165, 1.54) is 11.3 Å². The molecule has 1 unspecified atom stereocenters. The molecule has 5 heteroatoms. The molecule has 0 aliphatic carbocycles. The highest BCUT2D eigenvalue weighted by Gasteiger charge is 2.14. The van der Waals surface area contributed by atoms with Crippen molar-refractivity contribution in [2.45, 2.75) is 6.10 Å². The van der Waals surface area contributed by atoms with Crippen LogP contribution in [0.1, 0.15) is 16.7 Å². The van der Waals surface area contributed by atoms with Crippen molar-refractivity contribution < 1.29 is 5.11 Å². The fourth-order valence-corrected chi connectivity index (χ4v) is 1.77. The van der Waals surface area contributed by atoms with Crippen molar-refractivity contribution in [1.82, 2.24) is 14.8 Å². The van der Waals surface area contributed by atoms with Crippen LogP contribution in [-0.2, 0) is 7.05 Å². The van der Waals surface area contributed by atoms with Crippen LogP contribution in [0.5, 0.6) is 0 Å². The Morgan fingerprint density at radius 1 is 1.62 bits per heavy atom. The molecule has 2 aromatic rings. The van der Waals surface area contributed by atoms with Crippen LogP contribution in [-0.4, -0.2) is 19.9 Å². The average molecular weight is 195 g/mol. The third-order valence-corrected chi connectivity index (χ3v) is 2.69. The van der Waals surface area contributed by atoms with Gasteiger partial charge in [0.05, 0.1) is 16.1 Å². The van der Waals surface area contributed by atoms with Gasteiger partial charge >= 0.3 is 0 Å².